The van der Waals surface area contributed by atoms with Crippen LogP contribution >= 0.6 is 0 Å². The fourth-order valence-electron chi connectivity index (χ4n) is 2.03. The number of amides is 3. The highest BCUT2D eigenvalue weighted by Gasteiger charge is 2.27. The molecule has 0 aliphatic carbocycles. The zero-order chi connectivity index (χ0) is 14.5. The Balaban J connectivity index is 1.99. The Bertz CT molecular complexity index is 524. The van der Waals surface area contributed by atoms with Gasteiger partial charge in [-0.25, -0.2) is 0 Å². The Morgan fingerprint density at radius 1 is 1.35 bits per heavy atom. The summed E-state index contributed by atoms with van der Waals surface area (Å²) in [5.74, 6) is -0.443. The van der Waals surface area contributed by atoms with Gasteiger partial charge in [-0.3, -0.25) is 19.7 Å². The number of nitrogens with one attached hydrogen (secondary N) is 2. The Hall–Kier alpha value is -2.37. The quantitative estimate of drug-likeness (QED) is 0.776. The molecule has 1 aromatic rings. The largest absolute Gasteiger partial charge is 0.484 e. The van der Waals surface area contributed by atoms with Crippen molar-refractivity contribution in [3.63, 3.8) is 0 Å². The number of benzene rings is 1. The first-order valence-electron chi connectivity index (χ1n) is 6.37. The summed E-state index contributed by atoms with van der Waals surface area (Å²) >= 11 is 0. The van der Waals surface area contributed by atoms with E-state index in [9.17, 15) is 14.4 Å². The average molecular weight is 276 g/mol. The molecule has 1 atom stereocenters. The van der Waals surface area contributed by atoms with Gasteiger partial charge in [0.05, 0.1) is 5.92 Å². The van der Waals surface area contributed by atoms with E-state index in [0.29, 0.717) is 18.6 Å². The highest BCUT2D eigenvalue weighted by molar-refractivity contribution is 6.00. The summed E-state index contributed by atoms with van der Waals surface area (Å²) in [7, 11) is 1.54. The van der Waals surface area contributed by atoms with Gasteiger partial charge in [-0.05, 0) is 24.1 Å². The minimum Gasteiger partial charge on any atom is -0.484 e. The number of ether oxygens (including phenoxy) is 1. The summed E-state index contributed by atoms with van der Waals surface area (Å²) < 4.78 is 5.28. The van der Waals surface area contributed by atoms with E-state index in [1.54, 1.807) is 24.3 Å². The van der Waals surface area contributed by atoms with Crippen LogP contribution in [0.1, 0.15) is 24.3 Å². The number of hydrogen-bond acceptors (Lipinski definition) is 4. The monoisotopic (exact) mass is 276 g/mol. The van der Waals surface area contributed by atoms with Crippen LogP contribution in [0.3, 0.4) is 0 Å². The summed E-state index contributed by atoms with van der Waals surface area (Å²) in [6, 6.07) is 6.97. The maximum Gasteiger partial charge on any atom is 0.257 e. The SMILES string of the molecule is CNC(=O)COc1ccc([C@@H]2CCC(=O)NC2=O)cc1. The normalized spacial score (nSPS) is 18.4. The fourth-order valence-corrected chi connectivity index (χ4v) is 2.03. The molecule has 3 amide bonds. The highest BCUT2D eigenvalue weighted by Crippen LogP contribution is 2.26. The second kappa shape index (κ2) is 6.18. The van der Waals surface area contributed by atoms with Crippen LogP contribution in [0.25, 0.3) is 0 Å². The molecule has 6 nitrogen and oxygen atoms in total. The van der Waals surface area contributed by atoms with Crippen LogP contribution in [0.5, 0.6) is 5.75 Å². The van der Waals surface area contributed by atoms with Crippen molar-refractivity contribution in [2.75, 3.05) is 13.7 Å². The van der Waals surface area contributed by atoms with E-state index in [1.807, 2.05) is 0 Å². The van der Waals surface area contributed by atoms with Crippen LogP contribution < -0.4 is 15.4 Å². The number of carbonyl (C=O) groups excluding carboxylic acids is 3. The average Bonchev–Trinajstić information content (AvgIpc) is 2.45. The van der Waals surface area contributed by atoms with Gasteiger partial charge in [0.25, 0.3) is 5.91 Å². The van der Waals surface area contributed by atoms with Crippen molar-refractivity contribution in [2.45, 2.75) is 18.8 Å². The third-order valence-corrected chi connectivity index (χ3v) is 3.17. The van der Waals surface area contributed by atoms with Crippen molar-refractivity contribution in [3.8, 4) is 5.75 Å². The Labute approximate surface area is 116 Å². The van der Waals surface area contributed by atoms with E-state index in [4.69, 9.17) is 4.74 Å². The third-order valence-electron chi connectivity index (χ3n) is 3.17. The van der Waals surface area contributed by atoms with Crippen molar-refractivity contribution in [1.29, 1.82) is 0 Å². The van der Waals surface area contributed by atoms with E-state index >= 15 is 0 Å². The Morgan fingerprint density at radius 3 is 2.65 bits per heavy atom. The first-order chi connectivity index (χ1) is 9.60. The summed E-state index contributed by atoms with van der Waals surface area (Å²) in [6.45, 7) is -0.0474. The maximum atomic E-state index is 11.7. The molecule has 1 fully saturated rings. The van der Waals surface area contributed by atoms with E-state index < -0.39 is 0 Å². The number of carbonyl (C=O) groups is 3. The molecule has 0 saturated carbocycles. The molecular weight excluding hydrogens is 260 g/mol. The zero-order valence-electron chi connectivity index (χ0n) is 11.1. The predicted molar refractivity (Wildman–Crippen MR) is 71.1 cm³/mol. The summed E-state index contributed by atoms with van der Waals surface area (Å²) in [5, 5.41) is 4.79. The number of hydrogen-bond donors (Lipinski definition) is 2. The molecule has 0 bridgehead atoms. The molecule has 1 heterocycles. The van der Waals surface area contributed by atoms with Crippen LogP contribution in [0.15, 0.2) is 24.3 Å². The van der Waals surface area contributed by atoms with Gasteiger partial charge in [0.1, 0.15) is 5.75 Å². The van der Waals surface area contributed by atoms with Crippen molar-refractivity contribution < 1.29 is 19.1 Å². The Kier molecular flexibility index (Phi) is 4.34. The molecule has 0 unspecified atom stereocenters. The standard InChI is InChI=1S/C14H16N2O4/c1-15-13(18)8-20-10-4-2-9(3-5-10)11-6-7-12(17)16-14(11)19/h2-5,11H,6-8H2,1H3,(H,15,18)(H,16,17,19)/t11-/m0/s1. The second-order valence-corrected chi connectivity index (χ2v) is 4.53. The molecule has 1 saturated heterocycles. The van der Waals surface area contributed by atoms with Gasteiger partial charge in [0.2, 0.25) is 11.8 Å². The molecule has 6 heteroatoms. The van der Waals surface area contributed by atoms with Gasteiger partial charge in [-0.1, -0.05) is 12.1 Å². The highest BCUT2D eigenvalue weighted by atomic mass is 16.5. The summed E-state index contributed by atoms with van der Waals surface area (Å²) in [5.41, 5.74) is 0.835. The molecule has 1 aromatic carbocycles. The first-order valence-corrected chi connectivity index (χ1v) is 6.37. The van der Waals surface area contributed by atoms with Gasteiger partial charge >= 0.3 is 0 Å². The van der Waals surface area contributed by atoms with Crippen LogP contribution in [-0.4, -0.2) is 31.4 Å². The molecule has 1 aliphatic rings. The molecular formula is C14H16N2O4. The van der Waals surface area contributed by atoms with Crippen LogP contribution in [0.4, 0.5) is 0 Å². The smallest absolute Gasteiger partial charge is 0.257 e. The van der Waals surface area contributed by atoms with E-state index in [0.717, 1.165) is 5.56 Å². The van der Waals surface area contributed by atoms with E-state index in [1.165, 1.54) is 7.05 Å². The zero-order valence-corrected chi connectivity index (χ0v) is 11.1. The van der Waals surface area contributed by atoms with Crippen molar-refractivity contribution in [1.82, 2.24) is 10.6 Å². The molecule has 0 spiro atoms. The van der Waals surface area contributed by atoms with E-state index in [-0.39, 0.29) is 30.2 Å². The van der Waals surface area contributed by atoms with Crippen molar-refractivity contribution >= 4 is 17.7 Å². The first kappa shape index (κ1) is 14.0. The number of imide groups is 1. The number of rotatable bonds is 4. The molecule has 106 valence electrons. The lowest BCUT2D eigenvalue weighted by atomic mass is 9.90. The lowest BCUT2D eigenvalue weighted by molar-refractivity contribution is -0.134. The third kappa shape index (κ3) is 3.34. The molecule has 2 N–H and O–H groups in total. The van der Waals surface area contributed by atoms with Gasteiger partial charge in [-0.2, -0.15) is 0 Å². The predicted octanol–water partition coefficient (Wildman–Crippen LogP) is 0.332. The van der Waals surface area contributed by atoms with E-state index in [2.05, 4.69) is 10.6 Å². The van der Waals surface area contributed by atoms with Crippen molar-refractivity contribution in [2.24, 2.45) is 0 Å². The molecule has 0 radical (unpaired) electrons. The van der Waals surface area contributed by atoms with Gasteiger partial charge in [0, 0.05) is 13.5 Å². The van der Waals surface area contributed by atoms with Gasteiger partial charge in [0.15, 0.2) is 6.61 Å². The minimum absolute atomic E-state index is 0.0474. The van der Waals surface area contributed by atoms with Crippen LogP contribution in [-0.2, 0) is 14.4 Å². The topological polar surface area (TPSA) is 84.5 Å². The molecule has 20 heavy (non-hydrogen) atoms. The van der Waals surface area contributed by atoms with Gasteiger partial charge in [-0.15, -0.1) is 0 Å². The molecule has 2 rings (SSSR count). The van der Waals surface area contributed by atoms with Crippen LogP contribution in [0, 0.1) is 0 Å². The Morgan fingerprint density at radius 2 is 2.05 bits per heavy atom. The lowest BCUT2D eigenvalue weighted by Gasteiger charge is -2.21. The maximum absolute atomic E-state index is 11.7. The van der Waals surface area contributed by atoms with Gasteiger partial charge < -0.3 is 10.1 Å². The molecule has 1 aliphatic heterocycles. The van der Waals surface area contributed by atoms with Crippen LogP contribution in [0.2, 0.25) is 0 Å². The lowest BCUT2D eigenvalue weighted by Crippen LogP contribution is -2.39. The number of likely N-dealkylation sites (N-methyl/N-ethyl adjacent to an activating group) is 1. The second-order valence-electron chi connectivity index (χ2n) is 4.53. The summed E-state index contributed by atoms with van der Waals surface area (Å²) in [4.78, 5) is 33.9. The number of piperidine rings is 1. The minimum atomic E-state index is -0.305. The molecule has 0 aromatic heterocycles. The van der Waals surface area contributed by atoms with Crippen molar-refractivity contribution in [3.05, 3.63) is 29.8 Å². The summed E-state index contributed by atoms with van der Waals surface area (Å²) in [6.07, 6.45) is 0.869. The fraction of sp³-hybridized carbons (Fsp3) is 0.357.